The second kappa shape index (κ2) is 11.9. The number of nitrogens with one attached hydrogen (secondary N) is 2. The van der Waals surface area contributed by atoms with Gasteiger partial charge in [0.05, 0.1) is 20.9 Å². The van der Waals surface area contributed by atoms with Crippen molar-refractivity contribution in [2.24, 2.45) is 31.9 Å². The summed E-state index contributed by atoms with van der Waals surface area (Å²) in [6, 6.07) is 7.87. The number of fused-ring (bicyclic) bond motifs is 2. The van der Waals surface area contributed by atoms with Gasteiger partial charge in [-0.3, -0.25) is 20.2 Å². The molecule has 4 aromatic rings. The Kier molecular flexibility index (Phi) is 9.22. The summed E-state index contributed by atoms with van der Waals surface area (Å²) in [5.74, 6) is -1.02. The number of aromatic amines is 2. The van der Waals surface area contributed by atoms with Gasteiger partial charge < -0.3 is 31.6 Å². The second-order valence-electron chi connectivity index (χ2n) is 6.66. The Labute approximate surface area is 226 Å². The van der Waals surface area contributed by atoms with Gasteiger partial charge in [0.1, 0.15) is 11.4 Å². The summed E-state index contributed by atoms with van der Waals surface area (Å²) in [7, 11) is 0. The number of H-pyrrole nitrogens is 2. The van der Waals surface area contributed by atoms with Crippen LogP contribution in [0, 0.1) is 20.2 Å². The molecule has 0 unspecified atom stereocenters. The van der Waals surface area contributed by atoms with Gasteiger partial charge in [0, 0.05) is 35.0 Å². The number of nitrogens with zero attached hydrogens (tertiary/aromatic N) is 6. The van der Waals surface area contributed by atoms with Crippen LogP contribution in [0.15, 0.2) is 56.9 Å². The van der Waals surface area contributed by atoms with Crippen LogP contribution in [0.2, 0.25) is 0 Å². The predicted octanol–water partition coefficient (Wildman–Crippen LogP) is 2.95. The summed E-state index contributed by atoms with van der Waals surface area (Å²) in [5, 5.41) is 58.8. The molecule has 0 spiro atoms. The molecule has 2 aromatic heterocycles. The van der Waals surface area contributed by atoms with Gasteiger partial charge in [-0.1, -0.05) is 0 Å². The van der Waals surface area contributed by atoms with Crippen molar-refractivity contribution >= 4 is 79.2 Å². The average molecular weight is 592 g/mol. The zero-order chi connectivity index (χ0) is 26.6. The zero-order valence-electron chi connectivity index (χ0n) is 17.9. The molecular formula is C18H12CuN10O6S2. The van der Waals surface area contributed by atoms with E-state index in [1.165, 1.54) is 36.4 Å². The number of azo groups is 2. The first-order chi connectivity index (χ1) is 17.0. The number of benzene rings is 2. The van der Waals surface area contributed by atoms with Gasteiger partial charge in [0.25, 0.3) is 11.4 Å². The summed E-state index contributed by atoms with van der Waals surface area (Å²) >= 11 is 9.01. The van der Waals surface area contributed by atoms with Crippen molar-refractivity contribution in [2.75, 3.05) is 0 Å². The quantitative estimate of drug-likeness (QED) is 0.0885. The Bertz CT molecular complexity index is 1480. The summed E-state index contributed by atoms with van der Waals surface area (Å²) in [5.41, 5.74) is 10.7. The minimum Gasteiger partial charge on any atom is -0.859 e. The SMILES string of the molecule is NC(=S)N=Nc1c([O-])[nH]c2cc([N+](=O)[O-])ccc12.NC(=S)N=Nc1c([O-])[nH]c2cc([N+](=O)[O-])ccc12.[Cu+2]. The Morgan fingerprint density at radius 2 is 1.11 bits per heavy atom. The van der Waals surface area contributed by atoms with Crippen LogP contribution in [-0.2, 0) is 17.1 Å². The maximum absolute atomic E-state index is 11.6. The van der Waals surface area contributed by atoms with Crippen molar-refractivity contribution in [1.82, 2.24) is 9.97 Å². The standard InChI is InChI=1S/2C9H7N5O3S.Cu/c2*10-9(18)13-12-7-5-2-1-4(14(16)17)3-6(5)11-8(7)15;/h2*1-3,11,15H,(H2,10,18);/q;;+2/p-2. The molecule has 6 N–H and O–H groups in total. The number of hydrogen-bond donors (Lipinski definition) is 4. The molecular weight excluding hydrogens is 580 g/mol. The molecule has 0 aliphatic heterocycles. The number of thiocarbonyl (C=S) groups is 2. The maximum atomic E-state index is 11.6. The van der Waals surface area contributed by atoms with Gasteiger partial charge in [0.2, 0.25) is 10.2 Å². The molecule has 0 saturated heterocycles. The number of aromatic nitrogens is 2. The molecule has 1 radical (unpaired) electrons. The third kappa shape index (κ3) is 6.76. The van der Waals surface area contributed by atoms with Crippen molar-refractivity contribution in [3.8, 4) is 11.8 Å². The topological polar surface area (TPSA) is 265 Å². The Morgan fingerprint density at radius 3 is 1.41 bits per heavy atom. The van der Waals surface area contributed by atoms with Gasteiger partial charge in [-0.25, -0.2) is 0 Å². The van der Waals surface area contributed by atoms with E-state index in [1.54, 1.807) is 0 Å². The van der Waals surface area contributed by atoms with Gasteiger partial charge in [-0.05, 0) is 48.3 Å². The van der Waals surface area contributed by atoms with Crippen molar-refractivity contribution in [3.63, 3.8) is 0 Å². The van der Waals surface area contributed by atoms with E-state index in [9.17, 15) is 30.4 Å². The normalized spacial score (nSPS) is 10.8. The summed E-state index contributed by atoms with van der Waals surface area (Å²) < 4.78 is 0. The fourth-order valence-corrected chi connectivity index (χ4v) is 3.00. The monoisotopic (exact) mass is 591 g/mol. The molecule has 2 aromatic carbocycles. The molecule has 0 atom stereocenters. The molecule has 16 nitrogen and oxygen atoms in total. The maximum Gasteiger partial charge on any atom is 2.00 e. The fourth-order valence-electron chi connectivity index (χ4n) is 2.92. The Balaban J connectivity index is 0.000000253. The van der Waals surface area contributed by atoms with E-state index in [1.807, 2.05) is 0 Å². The number of nitro benzene ring substituents is 2. The number of rotatable bonds is 4. The predicted molar refractivity (Wildman–Crippen MR) is 131 cm³/mol. The number of nitrogens with two attached hydrogens (primary N) is 2. The van der Waals surface area contributed by atoms with Crippen LogP contribution in [0.1, 0.15) is 0 Å². The Hall–Kier alpha value is -4.58. The number of hydrogen-bond acceptors (Lipinski definition) is 10. The van der Waals surface area contributed by atoms with Crippen LogP contribution in [0.5, 0.6) is 11.8 Å². The second-order valence-corrected chi connectivity index (χ2v) is 7.49. The smallest absolute Gasteiger partial charge is 0.859 e. The molecule has 193 valence electrons. The van der Waals surface area contributed by atoms with E-state index in [0.717, 1.165) is 0 Å². The van der Waals surface area contributed by atoms with Gasteiger partial charge >= 0.3 is 17.1 Å². The molecule has 4 rings (SSSR count). The third-order valence-corrected chi connectivity index (χ3v) is 4.53. The van der Waals surface area contributed by atoms with Crippen LogP contribution >= 0.6 is 24.4 Å². The van der Waals surface area contributed by atoms with Crippen LogP contribution in [0.3, 0.4) is 0 Å². The average Bonchev–Trinajstić information content (AvgIpc) is 3.29. The molecule has 19 heteroatoms. The first kappa shape index (κ1) is 28.7. The minimum absolute atomic E-state index is 0. The minimum atomic E-state index is -0.555. The van der Waals surface area contributed by atoms with Crippen LogP contribution in [-0.4, -0.2) is 30.0 Å². The van der Waals surface area contributed by atoms with Crippen molar-refractivity contribution in [1.29, 1.82) is 0 Å². The van der Waals surface area contributed by atoms with E-state index in [4.69, 9.17) is 11.5 Å². The summed E-state index contributed by atoms with van der Waals surface area (Å²) in [4.78, 5) is 25.0. The van der Waals surface area contributed by atoms with Gasteiger partial charge in [0.15, 0.2) is 0 Å². The molecule has 0 bridgehead atoms. The third-order valence-electron chi connectivity index (χ3n) is 4.36. The molecule has 0 aliphatic carbocycles. The number of nitro groups is 2. The van der Waals surface area contributed by atoms with E-state index in [0.29, 0.717) is 21.8 Å². The number of non-ortho nitro benzene ring substituents is 2. The largest absolute Gasteiger partial charge is 2.00 e. The first-order valence-electron chi connectivity index (χ1n) is 9.34. The van der Waals surface area contributed by atoms with E-state index in [2.05, 4.69) is 54.9 Å². The molecule has 2 heterocycles. The summed E-state index contributed by atoms with van der Waals surface area (Å²) in [6.07, 6.45) is 0. The first-order valence-corrected chi connectivity index (χ1v) is 10.2. The van der Waals surface area contributed by atoms with Crippen molar-refractivity contribution in [3.05, 3.63) is 56.6 Å². The van der Waals surface area contributed by atoms with Gasteiger partial charge in [-0.2, -0.15) is 0 Å². The zero-order valence-corrected chi connectivity index (χ0v) is 20.4. The molecule has 0 amide bonds. The molecule has 0 saturated carbocycles. The van der Waals surface area contributed by atoms with Crippen LogP contribution in [0.25, 0.3) is 21.8 Å². The van der Waals surface area contributed by atoms with Crippen molar-refractivity contribution in [2.45, 2.75) is 0 Å². The van der Waals surface area contributed by atoms with Crippen LogP contribution < -0.4 is 21.7 Å². The van der Waals surface area contributed by atoms with Crippen LogP contribution in [0.4, 0.5) is 22.7 Å². The van der Waals surface area contributed by atoms with Crippen molar-refractivity contribution < 1.29 is 37.1 Å². The Morgan fingerprint density at radius 1 is 0.757 bits per heavy atom. The molecule has 0 fully saturated rings. The summed E-state index contributed by atoms with van der Waals surface area (Å²) in [6.45, 7) is 0. The van der Waals surface area contributed by atoms with E-state index >= 15 is 0 Å². The molecule has 0 aliphatic rings. The molecule has 37 heavy (non-hydrogen) atoms. The van der Waals surface area contributed by atoms with Gasteiger partial charge in [-0.15, -0.1) is 20.5 Å². The van der Waals surface area contributed by atoms with E-state index in [-0.39, 0.29) is 50.0 Å². The fraction of sp³-hybridized carbons (Fsp3) is 0. The van der Waals surface area contributed by atoms with E-state index < -0.39 is 21.6 Å².